The smallest absolute Gasteiger partial charge is 0.303 e. The van der Waals surface area contributed by atoms with Crippen molar-refractivity contribution in [2.45, 2.75) is 95.9 Å². The highest BCUT2D eigenvalue weighted by atomic mass is 17.1. The summed E-state index contributed by atoms with van der Waals surface area (Å²) in [5.74, 6) is -1.24. The van der Waals surface area contributed by atoms with Gasteiger partial charge in [-0.15, -0.1) is 0 Å². The Kier molecular flexibility index (Phi) is 11.8. The average molecular weight is 373 g/mol. The van der Waals surface area contributed by atoms with Gasteiger partial charge in [0.15, 0.2) is 0 Å². The van der Waals surface area contributed by atoms with Crippen LogP contribution in [0.15, 0.2) is 12.2 Å². The van der Waals surface area contributed by atoms with Crippen LogP contribution in [0, 0.1) is 11.8 Å². The maximum Gasteiger partial charge on any atom is 0.303 e. The molecular formula is C20H36O6. The van der Waals surface area contributed by atoms with Crippen molar-refractivity contribution < 1.29 is 30.3 Å². The van der Waals surface area contributed by atoms with E-state index in [9.17, 15) is 15.0 Å². The zero-order chi connectivity index (χ0) is 19.4. The second kappa shape index (κ2) is 13.3. The fourth-order valence-electron chi connectivity index (χ4n) is 3.83. The molecule has 26 heavy (non-hydrogen) atoms. The number of carboxylic acid groups (broad SMARTS) is 1. The number of carbonyl (C=O) groups is 1. The fraction of sp³-hybridized carbons (Fsp3) is 0.850. The summed E-state index contributed by atoms with van der Waals surface area (Å²) in [6.45, 7) is 2.18. The van der Waals surface area contributed by atoms with E-state index in [1.165, 1.54) is 25.7 Å². The molecule has 1 fully saturated rings. The highest BCUT2D eigenvalue weighted by molar-refractivity contribution is 5.66. The molecule has 1 aliphatic carbocycles. The van der Waals surface area contributed by atoms with Crippen LogP contribution < -0.4 is 0 Å². The Labute approximate surface area is 156 Å². The van der Waals surface area contributed by atoms with E-state index < -0.39 is 24.3 Å². The van der Waals surface area contributed by atoms with Gasteiger partial charge >= 0.3 is 5.97 Å². The molecule has 4 N–H and O–H groups in total. The van der Waals surface area contributed by atoms with Gasteiger partial charge in [-0.1, -0.05) is 57.6 Å². The first kappa shape index (κ1) is 23.1. The van der Waals surface area contributed by atoms with Crippen LogP contribution in [-0.4, -0.2) is 44.9 Å². The lowest BCUT2D eigenvalue weighted by Gasteiger charge is -2.21. The molecule has 5 atom stereocenters. The Bertz CT molecular complexity index is 411. The summed E-state index contributed by atoms with van der Waals surface area (Å²) in [5.41, 5.74) is 0. The minimum atomic E-state index is -0.849. The van der Waals surface area contributed by atoms with Crippen molar-refractivity contribution in [1.29, 1.82) is 0 Å². The molecule has 0 amide bonds. The number of carboxylic acids is 1. The standard InChI is InChI=1S/C20H36O6/c1-2-3-4-5-6-7-9-15(26-25)12-13-17-16(10-8-11-20(23)24)18(21)14-19(17)22/h12-13,15-19,21-22,25H,2-11,14H2,1H3,(H,23,24)/t15?,16-,17-,18+,19-/m1/s1. The van der Waals surface area contributed by atoms with Crippen LogP contribution in [0.3, 0.4) is 0 Å². The van der Waals surface area contributed by atoms with E-state index in [0.717, 1.165) is 12.8 Å². The topological polar surface area (TPSA) is 107 Å². The first-order valence-corrected chi connectivity index (χ1v) is 10.1. The Morgan fingerprint density at radius 3 is 2.46 bits per heavy atom. The Hall–Kier alpha value is -0.950. The molecule has 1 unspecified atom stereocenters. The van der Waals surface area contributed by atoms with E-state index in [-0.39, 0.29) is 18.3 Å². The Morgan fingerprint density at radius 1 is 1.12 bits per heavy atom. The van der Waals surface area contributed by atoms with Crippen LogP contribution in [0.5, 0.6) is 0 Å². The summed E-state index contributed by atoms with van der Waals surface area (Å²) in [7, 11) is 0. The van der Waals surface area contributed by atoms with Crippen LogP contribution in [-0.2, 0) is 9.68 Å². The van der Waals surface area contributed by atoms with Gasteiger partial charge in [-0.3, -0.25) is 10.1 Å². The normalized spacial score (nSPS) is 27.2. The first-order chi connectivity index (χ1) is 12.5. The number of aliphatic hydroxyl groups is 2. The second-order valence-electron chi connectivity index (χ2n) is 7.48. The molecule has 1 rings (SSSR count). The Balaban J connectivity index is 2.45. The predicted molar refractivity (Wildman–Crippen MR) is 99.7 cm³/mol. The zero-order valence-electron chi connectivity index (χ0n) is 15.9. The molecule has 0 aromatic rings. The first-order valence-electron chi connectivity index (χ1n) is 10.1. The van der Waals surface area contributed by atoms with Gasteiger partial charge in [0, 0.05) is 18.8 Å². The minimum Gasteiger partial charge on any atom is -0.481 e. The molecule has 6 heteroatoms. The summed E-state index contributed by atoms with van der Waals surface area (Å²) in [4.78, 5) is 15.2. The van der Waals surface area contributed by atoms with Gasteiger partial charge in [-0.2, -0.15) is 0 Å². The number of hydrogen-bond donors (Lipinski definition) is 4. The summed E-state index contributed by atoms with van der Waals surface area (Å²) in [5, 5.41) is 38.2. The van der Waals surface area contributed by atoms with Gasteiger partial charge in [-0.25, -0.2) is 4.89 Å². The van der Waals surface area contributed by atoms with Crippen molar-refractivity contribution in [3.8, 4) is 0 Å². The predicted octanol–water partition coefficient (Wildman–Crippen LogP) is 3.76. The van der Waals surface area contributed by atoms with Gasteiger partial charge in [0.05, 0.1) is 12.2 Å². The lowest BCUT2D eigenvalue weighted by Crippen LogP contribution is -2.21. The Morgan fingerprint density at radius 2 is 1.81 bits per heavy atom. The third-order valence-corrected chi connectivity index (χ3v) is 5.37. The van der Waals surface area contributed by atoms with E-state index in [1.807, 2.05) is 6.08 Å². The molecule has 1 saturated carbocycles. The van der Waals surface area contributed by atoms with Gasteiger partial charge in [-0.05, 0) is 25.2 Å². The molecule has 0 aromatic heterocycles. The van der Waals surface area contributed by atoms with Gasteiger partial charge < -0.3 is 15.3 Å². The molecule has 0 bridgehead atoms. The molecule has 152 valence electrons. The van der Waals surface area contributed by atoms with Crippen molar-refractivity contribution in [1.82, 2.24) is 0 Å². The largest absolute Gasteiger partial charge is 0.481 e. The second-order valence-corrected chi connectivity index (χ2v) is 7.48. The summed E-state index contributed by atoms with van der Waals surface area (Å²) >= 11 is 0. The van der Waals surface area contributed by atoms with Crippen molar-refractivity contribution >= 4 is 5.97 Å². The van der Waals surface area contributed by atoms with Gasteiger partial charge in [0.1, 0.15) is 6.10 Å². The molecular weight excluding hydrogens is 336 g/mol. The summed E-state index contributed by atoms with van der Waals surface area (Å²) < 4.78 is 0. The number of aliphatic carboxylic acids is 1. The maximum absolute atomic E-state index is 10.7. The molecule has 0 aliphatic heterocycles. The lowest BCUT2D eigenvalue weighted by atomic mass is 9.88. The monoisotopic (exact) mass is 372 g/mol. The van der Waals surface area contributed by atoms with Gasteiger partial charge in [0.2, 0.25) is 0 Å². The quantitative estimate of drug-likeness (QED) is 0.160. The number of unbranched alkanes of at least 4 members (excludes halogenated alkanes) is 5. The van der Waals surface area contributed by atoms with E-state index in [2.05, 4.69) is 11.8 Å². The average Bonchev–Trinajstić information content (AvgIpc) is 2.86. The maximum atomic E-state index is 10.7. The van der Waals surface area contributed by atoms with Gasteiger partial charge in [0.25, 0.3) is 0 Å². The molecule has 0 heterocycles. The molecule has 0 aromatic carbocycles. The molecule has 0 spiro atoms. The third kappa shape index (κ3) is 8.62. The SMILES string of the molecule is CCCCCCCCC(C=C[C@@H]1[C@@H](CCCC(=O)O)[C@@H](O)C[C@H]1O)OO. The molecule has 0 saturated heterocycles. The number of aliphatic hydroxyl groups excluding tert-OH is 2. The zero-order valence-corrected chi connectivity index (χ0v) is 15.9. The van der Waals surface area contributed by atoms with E-state index in [0.29, 0.717) is 25.7 Å². The van der Waals surface area contributed by atoms with E-state index in [4.69, 9.17) is 10.4 Å². The number of hydrogen-bond acceptors (Lipinski definition) is 5. The molecule has 6 nitrogen and oxygen atoms in total. The molecule has 0 radical (unpaired) electrons. The van der Waals surface area contributed by atoms with Crippen molar-refractivity contribution in [2.75, 3.05) is 0 Å². The molecule has 1 aliphatic rings. The van der Waals surface area contributed by atoms with Crippen molar-refractivity contribution in [3.05, 3.63) is 12.2 Å². The summed E-state index contributed by atoms with van der Waals surface area (Å²) in [6, 6.07) is 0. The van der Waals surface area contributed by atoms with Crippen LogP contribution in [0.1, 0.15) is 77.6 Å². The lowest BCUT2D eigenvalue weighted by molar-refractivity contribution is -0.267. The van der Waals surface area contributed by atoms with E-state index in [1.54, 1.807) is 6.08 Å². The fourth-order valence-corrected chi connectivity index (χ4v) is 3.83. The van der Waals surface area contributed by atoms with E-state index >= 15 is 0 Å². The third-order valence-electron chi connectivity index (χ3n) is 5.37. The van der Waals surface area contributed by atoms with Crippen LogP contribution >= 0.6 is 0 Å². The van der Waals surface area contributed by atoms with Crippen LogP contribution in [0.4, 0.5) is 0 Å². The van der Waals surface area contributed by atoms with Crippen molar-refractivity contribution in [2.24, 2.45) is 11.8 Å². The van der Waals surface area contributed by atoms with Crippen LogP contribution in [0.25, 0.3) is 0 Å². The van der Waals surface area contributed by atoms with Crippen molar-refractivity contribution in [3.63, 3.8) is 0 Å². The highest BCUT2D eigenvalue weighted by Gasteiger charge is 2.39. The highest BCUT2D eigenvalue weighted by Crippen LogP contribution is 2.37. The minimum absolute atomic E-state index is 0.0656. The summed E-state index contributed by atoms with van der Waals surface area (Å²) in [6.07, 6.45) is 11.0. The van der Waals surface area contributed by atoms with Crippen LogP contribution in [0.2, 0.25) is 0 Å². The number of rotatable bonds is 14.